The van der Waals surface area contributed by atoms with E-state index in [1.807, 2.05) is 38.1 Å². The molecule has 4 aromatic rings. The van der Waals surface area contributed by atoms with Crippen LogP contribution in [0.5, 0.6) is 0 Å². The van der Waals surface area contributed by atoms with Crippen LogP contribution in [-0.2, 0) is 0 Å². The van der Waals surface area contributed by atoms with Gasteiger partial charge in [0.15, 0.2) is 11.5 Å². The number of amides is 1. The summed E-state index contributed by atoms with van der Waals surface area (Å²) < 4.78 is 5.46. The van der Waals surface area contributed by atoms with E-state index in [4.69, 9.17) is 4.42 Å². The number of aromatic nitrogens is 2. The molecule has 5 heteroatoms. The lowest BCUT2D eigenvalue weighted by atomic mass is 10.1. The second kappa shape index (κ2) is 5.70. The Kier molecular flexibility index (Phi) is 3.50. The van der Waals surface area contributed by atoms with Gasteiger partial charge in [0.05, 0.1) is 16.8 Å². The van der Waals surface area contributed by atoms with Crippen LogP contribution in [0.1, 0.15) is 27.5 Å². The van der Waals surface area contributed by atoms with Gasteiger partial charge in [0.1, 0.15) is 5.52 Å². The molecular weight excluding hydrogens is 314 g/mol. The zero-order chi connectivity index (χ0) is 17.6. The van der Waals surface area contributed by atoms with Gasteiger partial charge >= 0.3 is 0 Å². The van der Waals surface area contributed by atoms with Gasteiger partial charge in [0, 0.05) is 18.0 Å². The van der Waals surface area contributed by atoms with Crippen LogP contribution in [0.2, 0.25) is 0 Å². The van der Waals surface area contributed by atoms with Gasteiger partial charge in [-0.15, -0.1) is 0 Å². The number of pyridine rings is 1. The average Bonchev–Trinajstić information content (AvgIpc) is 2.93. The molecule has 124 valence electrons. The van der Waals surface area contributed by atoms with E-state index in [0.717, 1.165) is 22.0 Å². The summed E-state index contributed by atoms with van der Waals surface area (Å²) in [6, 6.07) is 13.3. The number of hydrogen-bond acceptors (Lipinski definition) is 4. The molecule has 0 radical (unpaired) electrons. The second-order valence-electron chi connectivity index (χ2n) is 6.19. The number of anilines is 1. The number of hydrogen-bond donors (Lipinski definition) is 1. The summed E-state index contributed by atoms with van der Waals surface area (Å²) in [4.78, 5) is 21.5. The molecule has 0 aliphatic heterocycles. The topological polar surface area (TPSA) is 68.0 Å². The predicted molar refractivity (Wildman–Crippen MR) is 97.9 cm³/mol. The minimum atomic E-state index is -0.187. The Morgan fingerprint density at radius 3 is 2.64 bits per heavy atom. The van der Waals surface area contributed by atoms with E-state index < -0.39 is 0 Å². The van der Waals surface area contributed by atoms with E-state index in [2.05, 4.69) is 15.3 Å². The standard InChI is InChI=1S/C20H17N3O2/c1-11-4-6-17-14(8-11)9-16(12(2)21-17)20(24)23-15-5-7-19-18(10-15)22-13(3)25-19/h4-10H,1-3H3,(H,23,24). The molecule has 1 N–H and O–H groups in total. The third kappa shape index (κ3) is 2.85. The zero-order valence-corrected chi connectivity index (χ0v) is 14.3. The van der Waals surface area contributed by atoms with Crippen molar-refractivity contribution in [3.8, 4) is 0 Å². The Bertz CT molecular complexity index is 1130. The number of nitrogens with one attached hydrogen (secondary N) is 1. The number of rotatable bonds is 2. The van der Waals surface area contributed by atoms with E-state index in [1.165, 1.54) is 0 Å². The summed E-state index contributed by atoms with van der Waals surface area (Å²) in [6.45, 7) is 5.66. The Labute approximate surface area is 144 Å². The van der Waals surface area contributed by atoms with E-state index in [1.54, 1.807) is 25.1 Å². The van der Waals surface area contributed by atoms with Crippen LogP contribution in [0.3, 0.4) is 0 Å². The summed E-state index contributed by atoms with van der Waals surface area (Å²) in [5, 5.41) is 3.88. The van der Waals surface area contributed by atoms with Gasteiger partial charge in [-0.3, -0.25) is 9.78 Å². The maximum atomic E-state index is 12.7. The van der Waals surface area contributed by atoms with E-state index in [0.29, 0.717) is 28.4 Å². The minimum absolute atomic E-state index is 0.187. The van der Waals surface area contributed by atoms with E-state index in [9.17, 15) is 4.79 Å². The van der Waals surface area contributed by atoms with Crippen molar-refractivity contribution < 1.29 is 9.21 Å². The van der Waals surface area contributed by atoms with Crippen molar-refractivity contribution in [1.29, 1.82) is 0 Å². The van der Waals surface area contributed by atoms with Crippen LogP contribution in [0.25, 0.3) is 22.0 Å². The molecule has 0 aliphatic rings. The summed E-state index contributed by atoms with van der Waals surface area (Å²) in [5.41, 5.74) is 5.39. The normalized spacial score (nSPS) is 11.2. The van der Waals surface area contributed by atoms with Crippen LogP contribution < -0.4 is 5.32 Å². The van der Waals surface area contributed by atoms with Crippen molar-refractivity contribution >= 4 is 33.6 Å². The van der Waals surface area contributed by atoms with Crippen LogP contribution in [-0.4, -0.2) is 15.9 Å². The molecule has 4 rings (SSSR count). The van der Waals surface area contributed by atoms with E-state index >= 15 is 0 Å². The van der Waals surface area contributed by atoms with Crippen molar-refractivity contribution in [2.24, 2.45) is 0 Å². The first-order chi connectivity index (χ1) is 12.0. The average molecular weight is 331 g/mol. The quantitative estimate of drug-likeness (QED) is 0.585. The van der Waals surface area contributed by atoms with Crippen LogP contribution >= 0.6 is 0 Å². The highest BCUT2D eigenvalue weighted by Crippen LogP contribution is 2.22. The molecule has 0 unspecified atom stereocenters. The molecule has 1 amide bonds. The molecule has 2 aromatic carbocycles. The Morgan fingerprint density at radius 2 is 1.80 bits per heavy atom. The van der Waals surface area contributed by atoms with Crippen LogP contribution in [0.4, 0.5) is 5.69 Å². The van der Waals surface area contributed by atoms with Crippen LogP contribution in [0.15, 0.2) is 46.9 Å². The highest BCUT2D eigenvalue weighted by molar-refractivity contribution is 6.07. The minimum Gasteiger partial charge on any atom is -0.441 e. The molecule has 2 heterocycles. The van der Waals surface area contributed by atoms with Gasteiger partial charge in [-0.2, -0.15) is 0 Å². The molecule has 0 aliphatic carbocycles. The smallest absolute Gasteiger partial charge is 0.257 e. The largest absolute Gasteiger partial charge is 0.441 e. The Hall–Kier alpha value is -3.21. The first-order valence-electron chi connectivity index (χ1n) is 8.06. The molecular formula is C20H17N3O2. The summed E-state index contributed by atoms with van der Waals surface area (Å²) in [7, 11) is 0. The number of aryl methyl sites for hydroxylation is 3. The highest BCUT2D eigenvalue weighted by Gasteiger charge is 2.13. The summed E-state index contributed by atoms with van der Waals surface area (Å²) >= 11 is 0. The molecule has 0 bridgehead atoms. The molecule has 0 atom stereocenters. The third-order valence-corrected chi connectivity index (χ3v) is 4.16. The molecule has 2 aromatic heterocycles. The van der Waals surface area contributed by atoms with Crippen molar-refractivity contribution in [2.75, 3.05) is 5.32 Å². The summed E-state index contributed by atoms with van der Waals surface area (Å²) in [6.07, 6.45) is 0. The van der Waals surface area contributed by atoms with Crippen molar-refractivity contribution in [2.45, 2.75) is 20.8 Å². The maximum Gasteiger partial charge on any atom is 0.257 e. The first kappa shape index (κ1) is 15.3. The number of benzene rings is 2. The SMILES string of the molecule is Cc1ccc2nc(C)c(C(=O)Nc3ccc4oc(C)nc4c3)cc2c1. The Balaban J connectivity index is 1.69. The number of nitrogens with zero attached hydrogens (tertiary/aromatic N) is 2. The van der Waals surface area contributed by atoms with Crippen molar-refractivity contribution in [1.82, 2.24) is 9.97 Å². The molecule has 0 spiro atoms. The van der Waals surface area contributed by atoms with E-state index in [-0.39, 0.29) is 5.91 Å². The molecule has 25 heavy (non-hydrogen) atoms. The molecule has 5 nitrogen and oxygen atoms in total. The fraction of sp³-hybridized carbons (Fsp3) is 0.150. The van der Waals surface area contributed by atoms with Gasteiger partial charge in [0.25, 0.3) is 5.91 Å². The van der Waals surface area contributed by atoms with Gasteiger partial charge in [-0.25, -0.2) is 4.98 Å². The second-order valence-corrected chi connectivity index (χ2v) is 6.19. The summed E-state index contributed by atoms with van der Waals surface area (Å²) in [5.74, 6) is 0.413. The van der Waals surface area contributed by atoms with Crippen molar-refractivity contribution in [3.63, 3.8) is 0 Å². The lowest BCUT2D eigenvalue weighted by molar-refractivity contribution is 0.102. The predicted octanol–water partition coefficient (Wildman–Crippen LogP) is 4.55. The van der Waals surface area contributed by atoms with Gasteiger partial charge in [-0.05, 0) is 50.2 Å². The lowest BCUT2D eigenvalue weighted by Gasteiger charge is -2.09. The Morgan fingerprint density at radius 1 is 0.960 bits per heavy atom. The molecule has 0 fully saturated rings. The molecule has 0 saturated heterocycles. The number of carbonyl (C=O) groups is 1. The maximum absolute atomic E-state index is 12.7. The van der Waals surface area contributed by atoms with Gasteiger partial charge in [-0.1, -0.05) is 11.6 Å². The zero-order valence-electron chi connectivity index (χ0n) is 14.3. The van der Waals surface area contributed by atoms with Crippen molar-refractivity contribution in [3.05, 3.63) is 65.2 Å². The third-order valence-electron chi connectivity index (χ3n) is 4.16. The fourth-order valence-electron chi connectivity index (χ4n) is 2.94. The lowest BCUT2D eigenvalue weighted by Crippen LogP contribution is -2.14. The van der Waals surface area contributed by atoms with Gasteiger partial charge < -0.3 is 9.73 Å². The van der Waals surface area contributed by atoms with Crippen LogP contribution in [0, 0.1) is 20.8 Å². The van der Waals surface area contributed by atoms with Gasteiger partial charge in [0.2, 0.25) is 0 Å². The number of oxazole rings is 1. The monoisotopic (exact) mass is 331 g/mol. The fourth-order valence-corrected chi connectivity index (χ4v) is 2.94. The number of fused-ring (bicyclic) bond motifs is 2. The number of carbonyl (C=O) groups excluding carboxylic acids is 1. The first-order valence-corrected chi connectivity index (χ1v) is 8.06. The highest BCUT2D eigenvalue weighted by atomic mass is 16.3. The molecule has 0 saturated carbocycles.